The summed E-state index contributed by atoms with van der Waals surface area (Å²) in [6, 6.07) is 13.3. The van der Waals surface area contributed by atoms with Gasteiger partial charge in [-0.05, 0) is 48.7 Å². The predicted molar refractivity (Wildman–Crippen MR) is 94.2 cm³/mol. The van der Waals surface area contributed by atoms with Gasteiger partial charge in [0, 0.05) is 17.6 Å². The highest BCUT2D eigenvalue weighted by Crippen LogP contribution is 2.15. The fourth-order valence-corrected chi connectivity index (χ4v) is 2.43. The van der Waals surface area contributed by atoms with Crippen LogP contribution in [0.15, 0.2) is 48.5 Å². The van der Waals surface area contributed by atoms with E-state index in [1.807, 2.05) is 19.1 Å². The average Bonchev–Trinajstić information content (AvgIpc) is 2.55. The molecule has 0 heterocycles. The molecule has 0 spiro atoms. The molecule has 0 saturated carbocycles. The number of nitrogens with one attached hydrogen (secondary N) is 2. The van der Waals surface area contributed by atoms with Crippen molar-refractivity contribution >= 4 is 17.6 Å². The standard InChI is InChI=1S/C18H21ClN2O3/c1-12(10-13-2-8-16(22)9-3-13)21-18(24)20-11-17(23)14-4-6-15(19)7-5-14/h2-9,12,17,22-23H,10-11H2,1H3,(H2,20,21,24). The molecular formula is C18H21ClN2O3. The molecular weight excluding hydrogens is 328 g/mol. The van der Waals surface area contributed by atoms with Crippen LogP contribution in [0.4, 0.5) is 4.79 Å². The highest BCUT2D eigenvalue weighted by atomic mass is 35.5. The van der Waals surface area contributed by atoms with Crippen molar-refractivity contribution in [2.45, 2.75) is 25.5 Å². The van der Waals surface area contributed by atoms with Crippen molar-refractivity contribution in [2.75, 3.05) is 6.54 Å². The minimum atomic E-state index is -0.791. The van der Waals surface area contributed by atoms with Crippen molar-refractivity contribution in [3.05, 3.63) is 64.7 Å². The Morgan fingerprint density at radius 3 is 2.38 bits per heavy atom. The van der Waals surface area contributed by atoms with Gasteiger partial charge in [-0.3, -0.25) is 0 Å². The van der Waals surface area contributed by atoms with Crippen LogP contribution in [0, 0.1) is 0 Å². The van der Waals surface area contributed by atoms with E-state index in [9.17, 15) is 15.0 Å². The number of phenolic OH excluding ortho intramolecular Hbond substituents is 1. The highest BCUT2D eigenvalue weighted by molar-refractivity contribution is 6.30. The van der Waals surface area contributed by atoms with Gasteiger partial charge in [-0.15, -0.1) is 0 Å². The number of amides is 2. The van der Waals surface area contributed by atoms with Gasteiger partial charge >= 0.3 is 6.03 Å². The second-order valence-corrected chi connectivity index (χ2v) is 6.13. The summed E-state index contributed by atoms with van der Waals surface area (Å²) in [5.41, 5.74) is 1.71. The fourth-order valence-electron chi connectivity index (χ4n) is 2.30. The summed E-state index contributed by atoms with van der Waals surface area (Å²) in [7, 11) is 0. The van der Waals surface area contributed by atoms with E-state index in [-0.39, 0.29) is 24.4 Å². The fraction of sp³-hybridized carbons (Fsp3) is 0.278. The number of benzene rings is 2. The lowest BCUT2D eigenvalue weighted by molar-refractivity contribution is 0.172. The smallest absolute Gasteiger partial charge is 0.315 e. The van der Waals surface area contributed by atoms with E-state index < -0.39 is 6.10 Å². The lowest BCUT2D eigenvalue weighted by Crippen LogP contribution is -2.43. The lowest BCUT2D eigenvalue weighted by atomic mass is 10.1. The second kappa shape index (κ2) is 8.57. The van der Waals surface area contributed by atoms with Crippen molar-refractivity contribution in [1.29, 1.82) is 0 Å². The van der Waals surface area contributed by atoms with Crippen LogP contribution in [0.2, 0.25) is 5.02 Å². The van der Waals surface area contributed by atoms with E-state index in [1.54, 1.807) is 36.4 Å². The molecule has 2 atom stereocenters. The summed E-state index contributed by atoms with van der Waals surface area (Å²) < 4.78 is 0. The minimum absolute atomic E-state index is 0.0813. The molecule has 0 bridgehead atoms. The summed E-state index contributed by atoms with van der Waals surface area (Å²) in [6.07, 6.45) is -0.145. The van der Waals surface area contributed by atoms with Gasteiger partial charge < -0.3 is 20.8 Å². The molecule has 0 aliphatic rings. The van der Waals surface area contributed by atoms with Gasteiger partial charge in [0.1, 0.15) is 5.75 Å². The molecule has 128 valence electrons. The maximum Gasteiger partial charge on any atom is 0.315 e. The lowest BCUT2D eigenvalue weighted by Gasteiger charge is -2.17. The minimum Gasteiger partial charge on any atom is -0.508 e. The quantitative estimate of drug-likeness (QED) is 0.647. The zero-order valence-electron chi connectivity index (χ0n) is 13.4. The third kappa shape index (κ3) is 5.76. The van der Waals surface area contributed by atoms with E-state index in [2.05, 4.69) is 10.6 Å². The SMILES string of the molecule is CC(Cc1ccc(O)cc1)NC(=O)NCC(O)c1ccc(Cl)cc1. The van der Waals surface area contributed by atoms with Crippen LogP contribution in [-0.2, 0) is 6.42 Å². The number of halogens is 1. The molecule has 2 aromatic carbocycles. The van der Waals surface area contributed by atoms with Gasteiger partial charge in [0.15, 0.2) is 0 Å². The van der Waals surface area contributed by atoms with Crippen molar-refractivity contribution in [3.63, 3.8) is 0 Å². The largest absolute Gasteiger partial charge is 0.508 e. The second-order valence-electron chi connectivity index (χ2n) is 5.69. The van der Waals surface area contributed by atoms with Gasteiger partial charge in [0.05, 0.1) is 6.10 Å². The molecule has 6 heteroatoms. The van der Waals surface area contributed by atoms with Gasteiger partial charge in [0.25, 0.3) is 0 Å². The molecule has 5 nitrogen and oxygen atoms in total. The maximum atomic E-state index is 11.9. The topological polar surface area (TPSA) is 81.6 Å². The molecule has 0 fully saturated rings. The number of aliphatic hydroxyl groups is 1. The summed E-state index contributed by atoms with van der Waals surface area (Å²) in [6.45, 7) is 2.00. The summed E-state index contributed by atoms with van der Waals surface area (Å²) >= 11 is 5.80. The van der Waals surface area contributed by atoms with Crippen LogP contribution in [0.3, 0.4) is 0 Å². The molecule has 2 aromatic rings. The molecule has 0 aromatic heterocycles. The molecule has 2 amide bonds. The molecule has 4 N–H and O–H groups in total. The van der Waals surface area contributed by atoms with Crippen molar-refractivity contribution in [3.8, 4) is 5.75 Å². The number of carbonyl (C=O) groups is 1. The van der Waals surface area contributed by atoms with Gasteiger partial charge in [-0.2, -0.15) is 0 Å². The zero-order valence-corrected chi connectivity index (χ0v) is 14.1. The molecule has 0 aliphatic heterocycles. The zero-order chi connectivity index (χ0) is 17.5. The summed E-state index contributed by atoms with van der Waals surface area (Å²) in [5.74, 6) is 0.216. The first-order valence-corrected chi connectivity index (χ1v) is 8.07. The number of urea groups is 1. The highest BCUT2D eigenvalue weighted by Gasteiger charge is 2.11. The first-order valence-electron chi connectivity index (χ1n) is 7.70. The molecule has 0 radical (unpaired) electrons. The Labute approximate surface area is 146 Å². The summed E-state index contributed by atoms with van der Waals surface area (Å²) in [5, 5.41) is 25.4. The normalized spacial score (nSPS) is 13.1. The molecule has 2 rings (SSSR count). The number of phenols is 1. The average molecular weight is 349 g/mol. The van der Waals surface area contributed by atoms with Crippen LogP contribution in [0.1, 0.15) is 24.2 Å². The van der Waals surface area contributed by atoms with Crippen LogP contribution in [0.5, 0.6) is 5.75 Å². The number of carbonyl (C=O) groups excluding carboxylic acids is 1. The number of hydrogen-bond acceptors (Lipinski definition) is 3. The summed E-state index contributed by atoms with van der Waals surface area (Å²) in [4.78, 5) is 11.9. The molecule has 2 unspecified atom stereocenters. The number of aliphatic hydroxyl groups excluding tert-OH is 1. The number of aromatic hydroxyl groups is 1. The van der Waals surface area contributed by atoms with E-state index in [0.717, 1.165) is 5.56 Å². The Bertz CT molecular complexity index is 659. The van der Waals surface area contributed by atoms with Gasteiger partial charge in [-0.1, -0.05) is 35.9 Å². The number of hydrogen-bond donors (Lipinski definition) is 4. The van der Waals surface area contributed by atoms with E-state index in [4.69, 9.17) is 11.6 Å². The van der Waals surface area contributed by atoms with Crippen LogP contribution < -0.4 is 10.6 Å². The molecule has 0 saturated heterocycles. The number of rotatable bonds is 6. The third-order valence-electron chi connectivity index (χ3n) is 3.57. The molecule has 24 heavy (non-hydrogen) atoms. The monoisotopic (exact) mass is 348 g/mol. The van der Waals surface area contributed by atoms with Gasteiger partial charge in [-0.25, -0.2) is 4.79 Å². The van der Waals surface area contributed by atoms with E-state index in [1.165, 1.54) is 0 Å². The van der Waals surface area contributed by atoms with Crippen molar-refractivity contribution < 1.29 is 15.0 Å². The first-order chi connectivity index (χ1) is 11.4. The Morgan fingerprint density at radius 1 is 1.12 bits per heavy atom. The Balaban J connectivity index is 1.75. The predicted octanol–water partition coefficient (Wildman–Crippen LogP) is 3.01. The Hall–Kier alpha value is -2.24. The van der Waals surface area contributed by atoms with Crippen LogP contribution in [0.25, 0.3) is 0 Å². The van der Waals surface area contributed by atoms with Crippen LogP contribution >= 0.6 is 11.6 Å². The molecule has 0 aliphatic carbocycles. The van der Waals surface area contributed by atoms with E-state index in [0.29, 0.717) is 17.0 Å². The third-order valence-corrected chi connectivity index (χ3v) is 3.82. The first kappa shape index (κ1) is 18.1. The van der Waals surface area contributed by atoms with E-state index >= 15 is 0 Å². The Kier molecular flexibility index (Phi) is 6.46. The van der Waals surface area contributed by atoms with Crippen molar-refractivity contribution in [2.24, 2.45) is 0 Å². The maximum absolute atomic E-state index is 11.9. The Morgan fingerprint density at radius 2 is 1.75 bits per heavy atom. The van der Waals surface area contributed by atoms with Crippen molar-refractivity contribution in [1.82, 2.24) is 10.6 Å². The van der Waals surface area contributed by atoms with Gasteiger partial charge in [0.2, 0.25) is 0 Å². The van der Waals surface area contributed by atoms with Crippen LogP contribution in [-0.4, -0.2) is 28.8 Å².